The molecule has 0 radical (unpaired) electrons. The molecule has 0 atom stereocenters. The van der Waals surface area contributed by atoms with Gasteiger partial charge in [-0.05, 0) is 25.0 Å². The summed E-state index contributed by atoms with van der Waals surface area (Å²) in [5.41, 5.74) is 4.13. The Labute approximate surface area is 184 Å². The van der Waals surface area contributed by atoms with Crippen LogP contribution in [0.25, 0.3) is 11.0 Å². The van der Waals surface area contributed by atoms with Gasteiger partial charge >= 0.3 is 0 Å². The molecule has 6 heteroatoms. The van der Waals surface area contributed by atoms with Crippen LogP contribution in [0.2, 0.25) is 0 Å². The van der Waals surface area contributed by atoms with Crippen LogP contribution in [0.1, 0.15) is 50.4 Å². The smallest absolute Gasteiger partial charge is 0.227 e. The summed E-state index contributed by atoms with van der Waals surface area (Å²) in [6.07, 6.45) is 3.28. The van der Waals surface area contributed by atoms with E-state index < -0.39 is 0 Å². The topological polar surface area (TPSA) is 60.2 Å². The fourth-order valence-corrected chi connectivity index (χ4v) is 4.29. The molecule has 3 heterocycles. The van der Waals surface area contributed by atoms with E-state index in [0.29, 0.717) is 5.88 Å². The second-order valence-corrected chi connectivity index (χ2v) is 9.52. The van der Waals surface area contributed by atoms with Gasteiger partial charge in [-0.25, -0.2) is 9.97 Å². The molecule has 0 aliphatic carbocycles. The largest absolute Gasteiger partial charge is 0.474 e. The standard InChI is InChI=1S/C25H32N4O2/c1-17-18(2)29(15-19-9-7-6-8-10-19)22-21(17)23(27-16-26-22)31-20-11-13-28(14-12-20)24(30)25(3,4)5/h6-10,16,20H,11-15H2,1-5H3. The van der Waals surface area contributed by atoms with Crippen LogP contribution in [-0.4, -0.2) is 44.5 Å². The molecule has 4 rings (SSSR count). The lowest BCUT2D eigenvalue weighted by Crippen LogP contribution is -2.46. The number of hydrogen-bond donors (Lipinski definition) is 0. The predicted molar refractivity (Wildman–Crippen MR) is 122 cm³/mol. The van der Waals surface area contributed by atoms with Crippen LogP contribution < -0.4 is 4.74 Å². The van der Waals surface area contributed by atoms with Crippen molar-refractivity contribution >= 4 is 16.9 Å². The molecule has 1 amide bonds. The van der Waals surface area contributed by atoms with Crippen LogP contribution in [0.3, 0.4) is 0 Å². The molecular weight excluding hydrogens is 388 g/mol. The molecule has 31 heavy (non-hydrogen) atoms. The number of carbonyl (C=O) groups excluding carboxylic acids is 1. The minimum Gasteiger partial charge on any atom is -0.474 e. The molecule has 2 aromatic heterocycles. The minimum absolute atomic E-state index is 0.0549. The molecular formula is C25H32N4O2. The van der Waals surface area contributed by atoms with Crippen molar-refractivity contribution in [2.45, 2.75) is 60.1 Å². The summed E-state index contributed by atoms with van der Waals surface area (Å²) in [5.74, 6) is 0.859. The third-order valence-corrected chi connectivity index (χ3v) is 6.20. The van der Waals surface area contributed by atoms with Gasteiger partial charge in [0.25, 0.3) is 0 Å². The molecule has 1 fully saturated rings. The Bertz CT molecular complexity index is 1070. The van der Waals surface area contributed by atoms with Crippen LogP contribution in [0, 0.1) is 19.3 Å². The third-order valence-electron chi connectivity index (χ3n) is 6.20. The van der Waals surface area contributed by atoms with Crippen LogP contribution >= 0.6 is 0 Å². The third kappa shape index (κ3) is 4.29. The lowest BCUT2D eigenvalue weighted by molar-refractivity contribution is -0.141. The van der Waals surface area contributed by atoms with Crippen molar-refractivity contribution in [1.29, 1.82) is 0 Å². The predicted octanol–water partition coefficient (Wildman–Crippen LogP) is 4.51. The number of amides is 1. The van der Waals surface area contributed by atoms with E-state index in [9.17, 15) is 4.79 Å². The fourth-order valence-electron chi connectivity index (χ4n) is 4.29. The maximum absolute atomic E-state index is 12.6. The van der Waals surface area contributed by atoms with E-state index in [0.717, 1.165) is 49.1 Å². The highest BCUT2D eigenvalue weighted by Crippen LogP contribution is 2.32. The summed E-state index contributed by atoms with van der Waals surface area (Å²) >= 11 is 0. The molecule has 1 aromatic carbocycles. The van der Waals surface area contributed by atoms with Crippen LogP contribution in [-0.2, 0) is 11.3 Å². The first kappa shape index (κ1) is 21.3. The van der Waals surface area contributed by atoms with Crippen LogP contribution in [0.4, 0.5) is 0 Å². The maximum Gasteiger partial charge on any atom is 0.227 e. The quantitative estimate of drug-likeness (QED) is 0.623. The number of aromatic nitrogens is 3. The highest BCUT2D eigenvalue weighted by Gasteiger charge is 2.31. The SMILES string of the molecule is Cc1c(C)n(Cc2ccccc2)c2ncnc(OC3CCN(C(=O)C(C)(C)C)CC3)c12. The average Bonchev–Trinajstić information content (AvgIpc) is 2.99. The summed E-state index contributed by atoms with van der Waals surface area (Å²) in [7, 11) is 0. The van der Waals surface area contributed by atoms with Crippen LogP contribution in [0.15, 0.2) is 36.7 Å². The second-order valence-electron chi connectivity index (χ2n) is 9.52. The van der Waals surface area contributed by atoms with E-state index in [1.165, 1.54) is 11.3 Å². The number of nitrogens with zero attached hydrogens (tertiary/aromatic N) is 4. The van der Waals surface area contributed by atoms with Crippen LogP contribution in [0.5, 0.6) is 5.88 Å². The van der Waals surface area contributed by atoms with Gasteiger partial charge in [0.15, 0.2) is 0 Å². The molecule has 0 unspecified atom stereocenters. The first-order valence-electron chi connectivity index (χ1n) is 11.1. The molecule has 0 spiro atoms. The Balaban J connectivity index is 1.54. The summed E-state index contributed by atoms with van der Waals surface area (Å²) in [4.78, 5) is 23.6. The molecule has 3 aromatic rings. The number of ether oxygens (including phenoxy) is 1. The molecule has 1 saturated heterocycles. The van der Waals surface area contributed by atoms with Crippen molar-refractivity contribution in [2.75, 3.05) is 13.1 Å². The number of aryl methyl sites for hydroxylation is 1. The van der Waals surface area contributed by atoms with Crippen molar-refractivity contribution in [3.8, 4) is 5.88 Å². The minimum atomic E-state index is -0.344. The molecule has 0 saturated carbocycles. The Hall–Kier alpha value is -2.89. The highest BCUT2D eigenvalue weighted by molar-refractivity contribution is 5.86. The Kier molecular flexibility index (Phi) is 5.73. The summed E-state index contributed by atoms with van der Waals surface area (Å²) in [6, 6.07) is 10.4. The second kappa shape index (κ2) is 8.33. The van der Waals surface area contributed by atoms with E-state index in [-0.39, 0.29) is 17.4 Å². The zero-order valence-corrected chi connectivity index (χ0v) is 19.2. The van der Waals surface area contributed by atoms with Crippen molar-refractivity contribution < 1.29 is 9.53 Å². The van der Waals surface area contributed by atoms with Gasteiger partial charge in [-0.3, -0.25) is 4.79 Å². The molecule has 1 aliphatic heterocycles. The number of carbonyl (C=O) groups is 1. The Morgan fingerprint density at radius 1 is 1.10 bits per heavy atom. The van der Waals surface area contributed by atoms with Gasteiger partial charge in [-0.15, -0.1) is 0 Å². The number of benzene rings is 1. The molecule has 164 valence electrons. The van der Waals surface area contributed by atoms with Gasteiger partial charge < -0.3 is 14.2 Å². The Morgan fingerprint density at radius 2 is 1.77 bits per heavy atom. The number of rotatable bonds is 4. The normalized spacial score (nSPS) is 15.5. The van der Waals surface area contributed by atoms with Crippen molar-refractivity contribution in [3.05, 3.63) is 53.5 Å². The van der Waals surface area contributed by atoms with Gasteiger partial charge in [0, 0.05) is 43.6 Å². The lowest BCUT2D eigenvalue weighted by Gasteiger charge is -2.35. The first-order chi connectivity index (χ1) is 14.8. The van der Waals surface area contributed by atoms with Gasteiger partial charge in [-0.1, -0.05) is 51.1 Å². The van der Waals surface area contributed by atoms with Gasteiger partial charge in [-0.2, -0.15) is 0 Å². The monoisotopic (exact) mass is 420 g/mol. The summed E-state index contributed by atoms with van der Waals surface area (Å²) < 4.78 is 8.61. The van der Waals surface area contributed by atoms with E-state index in [2.05, 4.69) is 52.6 Å². The fraction of sp³-hybridized carbons (Fsp3) is 0.480. The summed E-state index contributed by atoms with van der Waals surface area (Å²) in [6.45, 7) is 12.4. The molecule has 6 nitrogen and oxygen atoms in total. The molecule has 0 bridgehead atoms. The average molecular weight is 421 g/mol. The summed E-state index contributed by atoms with van der Waals surface area (Å²) in [5, 5.41) is 0.990. The van der Waals surface area contributed by atoms with Crippen molar-refractivity contribution in [3.63, 3.8) is 0 Å². The van der Waals surface area contributed by atoms with Crippen molar-refractivity contribution in [1.82, 2.24) is 19.4 Å². The van der Waals surface area contributed by atoms with E-state index in [1.807, 2.05) is 31.7 Å². The number of fused-ring (bicyclic) bond motifs is 1. The number of likely N-dealkylation sites (tertiary alicyclic amines) is 1. The zero-order chi connectivity index (χ0) is 22.2. The van der Waals surface area contributed by atoms with Crippen molar-refractivity contribution in [2.24, 2.45) is 5.41 Å². The van der Waals surface area contributed by atoms with E-state index in [4.69, 9.17) is 4.74 Å². The lowest BCUT2D eigenvalue weighted by atomic mass is 9.93. The zero-order valence-electron chi connectivity index (χ0n) is 19.2. The first-order valence-corrected chi connectivity index (χ1v) is 11.1. The Morgan fingerprint density at radius 3 is 2.42 bits per heavy atom. The van der Waals surface area contributed by atoms with Gasteiger partial charge in [0.1, 0.15) is 18.1 Å². The van der Waals surface area contributed by atoms with E-state index in [1.54, 1.807) is 6.33 Å². The van der Waals surface area contributed by atoms with E-state index >= 15 is 0 Å². The highest BCUT2D eigenvalue weighted by atomic mass is 16.5. The van der Waals surface area contributed by atoms with Gasteiger partial charge in [0.05, 0.1) is 5.39 Å². The maximum atomic E-state index is 12.6. The number of piperidine rings is 1. The number of hydrogen-bond acceptors (Lipinski definition) is 4. The molecule has 1 aliphatic rings. The molecule has 0 N–H and O–H groups in total. The van der Waals surface area contributed by atoms with Gasteiger partial charge in [0.2, 0.25) is 11.8 Å².